The highest BCUT2D eigenvalue weighted by atomic mass is 32.2. The van der Waals surface area contributed by atoms with Crippen LogP contribution in [0.2, 0.25) is 0 Å². The quantitative estimate of drug-likeness (QED) is 0.743. The smallest absolute Gasteiger partial charge is 0.182 e. The van der Waals surface area contributed by atoms with Gasteiger partial charge < -0.3 is 9.64 Å². The van der Waals surface area contributed by atoms with Crippen molar-refractivity contribution in [1.82, 2.24) is 0 Å². The van der Waals surface area contributed by atoms with E-state index in [4.69, 9.17) is 4.74 Å². The first kappa shape index (κ1) is 11.3. The second-order valence-electron chi connectivity index (χ2n) is 4.07. The first-order chi connectivity index (χ1) is 7.45. The number of nitrogens with zero attached hydrogens (tertiary/aromatic N) is 1. The van der Waals surface area contributed by atoms with Crippen LogP contribution in [0.25, 0.3) is 0 Å². The molecule has 0 amide bonds. The third-order valence-electron chi connectivity index (χ3n) is 3.00. The van der Waals surface area contributed by atoms with Crippen molar-refractivity contribution < 1.29 is 13.2 Å². The van der Waals surface area contributed by atoms with Gasteiger partial charge >= 0.3 is 0 Å². The molecule has 1 unspecified atom stereocenters. The minimum Gasteiger partial charge on any atom is -0.497 e. The highest BCUT2D eigenvalue weighted by molar-refractivity contribution is 7.91. The Labute approximate surface area is 95.7 Å². The van der Waals surface area contributed by atoms with Crippen LogP contribution in [0, 0.1) is 0 Å². The van der Waals surface area contributed by atoms with E-state index in [9.17, 15) is 8.42 Å². The lowest BCUT2D eigenvalue weighted by molar-refractivity contribution is 0.413. The maximum absolute atomic E-state index is 12.0. The zero-order valence-corrected chi connectivity index (χ0v) is 10.4. The van der Waals surface area contributed by atoms with Crippen LogP contribution in [0.3, 0.4) is 0 Å². The molecule has 88 valence electrons. The maximum atomic E-state index is 12.0. The van der Waals surface area contributed by atoms with Crippen molar-refractivity contribution >= 4 is 15.5 Å². The zero-order chi connectivity index (χ0) is 11.9. The van der Waals surface area contributed by atoms with Crippen molar-refractivity contribution in [3.05, 3.63) is 18.2 Å². The summed E-state index contributed by atoms with van der Waals surface area (Å²) in [5, 5.41) is 0. The Morgan fingerprint density at radius 3 is 2.75 bits per heavy atom. The Bertz CT molecular complexity index is 510. The van der Waals surface area contributed by atoms with Crippen LogP contribution in [0.1, 0.15) is 6.92 Å². The molecule has 1 aliphatic rings. The standard InChI is InChI=1S/C11H15NO3S/c1-8-7-16(13,14)11-6-9(15-3)4-5-10(11)12(8)2/h4-6,8H,7H2,1-3H3. The van der Waals surface area contributed by atoms with E-state index in [0.717, 1.165) is 5.69 Å². The number of fused-ring (bicyclic) bond motifs is 1. The Kier molecular flexibility index (Phi) is 2.58. The molecule has 0 aromatic heterocycles. The van der Waals surface area contributed by atoms with E-state index in [2.05, 4.69) is 0 Å². The van der Waals surface area contributed by atoms with Crippen molar-refractivity contribution in [2.75, 3.05) is 24.8 Å². The van der Waals surface area contributed by atoms with Gasteiger partial charge in [-0.2, -0.15) is 0 Å². The Balaban J connectivity index is 2.65. The molecule has 2 rings (SSSR count). The predicted molar refractivity (Wildman–Crippen MR) is 62.9 cm³/mol. The third-order valence-corrected chi connectivity index (χ3v) is 4.92. The Morgan fingerprint density at radius 1 is 1.44 bits per heavy atom. The molecule has 0 bridgehead atoms. The average Bonchev–Trinajstić information content (AvgIpc) is 2.25. The molecular weight excluding hydrogens is 226 g/mol. The van der Waals surface area contributed by atoms with E-state index in [-0.39, 0.29) is 11.8 Å². The fourth-order valence-corrected chi connectivity index (χ4v) is 3.78. The largest absolute Gasteiger partial charge is 0.497 e. The molecule has 0 saturated carbocycles. The van der Waals surface area contributed by atoms with Crippen LogP contribution < -0.4 is 9.64 Å². The summed E-state index contributed by atoms with van der Waals surface area (Å²) < 4.78 is 29.1. The highest BCUT2D eigenvalue weighted by Gasteiger charge is 2.31. The van der Waals surface area contributed by atoms with Crippen LogP contribution in [0.4, 0.5) is 5.69 Å². The van der Waals surface area contributed by atoms with E-state index in [0.29, 0.717) is 10.6 Å². The van der Waals surface area contributed by atoms with Crippen LogP contribution in [0.15, 0.2) is 23.1 Å². The summed E-state index contributed by atoms with van der Waals surface area (Å²) in [4.78, 5) is 2.35. The molecule has 4 nitrogen and oxygen atoms in total. The summed E-state index contributed by atoms with van der Waals surface area (Å²) in [6.07, 6.45) is 0. The van der Waals surface area contributed by atoms with Gasteiger partial charge in [-0.3, -0.25) is 0 Å². The van der Waals surface area contributed by atoms with Crippen LogP contribution in [-0.4, -0.2) is 34.4 Å². The molecule has 0 saturated heterocycles. The van der Waals surface area contributed by atoms with E-state index in [1.54, 1.807) is 18.2 Å². The van der Waals surface area contributed by atoms with E-state index >= 15 is 0 Å². The van der Waals surface area contributed by atoms with Crippen molar-refractivity contribution in [3.63, 3.8) is 0 Å². The predicted octanol–water partition coefficient (Wildman–Crippen LogP) is 1.31. The van der Waals surface area contributed by atoms with E-state index < -0.39 is 9.84 Å². The van der Waals surface area contributed by atoms with Crippen LogP contribution in [-0.2, 0) is 9.84 Å². The van der Waals surface area contributed by atoms with E-state index in [1.807, 2.05) is 18.9 Å². The second kappa shape index (κ2) is 3.66. The normalized spacial score (nSPS) is 22.7. The molecule has 1 heterocycles. The van der Waals surface area contributed by atoms with E-state index in [1.165, 1.54) is 7.11 Å². The summed E-state index contributed by atoms with van der Waals surface area (Å²) >= 11 is 0. The van der Waals surface area contributed by atoms with Crippen LogP contribution in [0.5, 0.6) is 5.75 Å². The molecule has 1 aliphatic heterocycles. The summed E-state index contributed by atoms with van der Waals surface area (Å²) in [5.74, 6) is 0.731. The van der Waals surface area contributed by atoms with Gasteiger partial charge in [-0.25, -0.2) is 8.42 Å². The van der Waals surface area contributed by atoms with Gasteiger partial charge in [-0.05, 0) is 19.1 Å². The topological polar surface area (TPSA) is 46.6 Å². The zero-order valence-electron chi connectivity index (χ0n) is 9.60. The number of anilines is 1. The van der Waals surface area contributed by atoms with Crippen molar-refractivity contribution in [2.24, 2.45) is 0 Å². The van der Waals surface area contributed by atoms with Gasteiger partial charge in [0.05, 0.1) is 23.4 Å². The minimum atomic E-state index is -3.18. The fourth-order valence-electron chi connectivity index (χ4n) is 1.92. The highest BCUT2D eigenvalue weighted by Crippen LogP contribution is 2.34. The summed E-state index contributed by atoms with van der Waals surface area (Å²) in [7, 11) is 0.260. The van der Waals surface area contributed by atoms with Gasteiger partial charge in [0.2, 0.25) is 0 Å². The molecule has 0 fully saturated rings. The molecule has 16 heavy (non-hydrogen) atoms. The molecule has 1 aromatic carbocycles. The van der Waals surface area contributed by atoms with Crippen molar-refractivity contribution in [2.45, 2.75) is 17.9 Å². The summed E-state index contributed by atoms with van der Waals surface area (Å²) in [6, 6.07) is 5.17. The van der Waals surface area contributed by atoms with Gasteiger partial charge in [-0.15, -0.1) is 0 Å². The monoisotopic (exact) mass is 241 g/mol. The lowest BCUT2D eigenvalue weighted by Crippen LogP contribution is -2.40. The van der Waals surface area contributed by atoms with Gasteiger partial charge in [-0.1, -0.05) is 0 Å². The molecule has 0 radical (unpaired) electrons. The lowest BCUT2D eigenvalue weighted by atomic mass is 10.2. The number of methoxy groups -OCH3 is 1. The van der Waals surface area contributed by atoms with Crippen LogP contribution >= 0.6 is 0 Å². The van der Waals surface area contributed by atoms with Crippen molar-refractivity contribution in [3.8, 4) is 5.75 Å². The molecule has 1 atom stereocenters. The number of hydrogen-bond donors (Lipinski definition) is 0. The lowest BCUT2D eigenvalue weighted by Gasteiger charge is -2.33. The maximum Gasteiger partial charge on any atom is 0.182 e. The number of ether oxygens (including phenoxy) is 1. The minimum absolute atomic E-state index is 0.00546. The SMILES string of the molecule is COc1ccc2c(c1)S(=O)(=O)CC(C)N2C. The molecule has 0 aliphatic carbocycles. The molecule has 5 heteroatoms. The van der Waals surface area contributed by atoms with Gasteiger partial charge in [0, 0.05) is 19.2 Å². The molecular formula is C11H15NO3S. The summed E-state index contributed by atoms with van der Waals surface area (Å²) in [5.41, 5.74) is 0.750. The number of sulfone groups is 1. The number of hydrogen-bond acceptors (Lipinski definition) is 4. The van der Waals surface area contributed by atoms with Gasteiger partial charge in [0.1, 0.15) is 5.75 Å². The number of rotatable bonds is 1. The van der Waals surface area contributed by atoms with Crippen molar-refractivity contribution in [1.29, 1.82) is 0 Å². The third kappa shape index (κ3) is 1.65. The second-order valence-corrected chi connectivity index (χ2v) is 6.08. The molecule has 1 aromatic rings. The Morgan fingerprint density at radius 2 is 2.12 bits per heavy atom. The van der Waals surface area contributed by atoms with Gasteiger partial charge in [0.15, 0.2) is 9.84 Å². The summed E-state index contributed by atoms with van der Waals surface area (Å²) in [6.45, 7) is 1.91. The first-order valence-corrected chi connectivity index (χ1v) is 6.74. The average molecular weight is 241 g/mol. The van der Waals surface area contributed by atoms with Gasteiger partial charge in [0.25, 0.3) is 0 Å². The number of benzene rings is 1. The first-order valence-electron chi connectivity index (χ1n) is 5.09. The molecule has 0 N–H and O–H groups in total. The Hall–Kier alpha value is -1.23. The molecule has 0 spiro atoms. The fraction of sp³-hybridized carbons (Fsp3) is 0.455.